The van der Waals surface area contributed by atoms with Gasteiger partial charge in [0.2, 0.25) is 0 Å². The molecule has 15 heavy (non-hydrogen) atoms. The maximum atomic E-state index is 4.26. The zero-order valence-corrected chi connectivity index (χ0v) is 10.9. The van der Waals surface area contributed by atoms with Gasteiger partial charge in [0.25, 0.3) is 0 Å². The van der Waals surface area contributed by atoms with E-state index in [0.717, 1.165) is 24.4 Å². The quantitative estimate of drug-likeness (QED) is 0.812. The Balaban J connectivity index is 2.55. The summed E-state index contributed by atoms with van der Waals surface area (Å²) in [6.07, 6.45) is 2.31. The summed E-state index contributed by atoms with van der Waals surface area (Å²) in [4.78, 5) is 0. The van der Waals surface area contributed by atoms with Crippen LogP contribution in [0.5, 0.6) is 0 Å². The lowest BCUT2D eigenvalue weighted by molar-refractivity contribution is 0.583. The molecule has 0 aliphatic rings. The van der Waals surface area contributed by atoms with E-state index in [-0.39, 0.29) is 0 Å². The van der Waals surface area contributed by atoms with Gasteiger partial charge in [-0.3, -0.25) is 0 Å². The zero-order valence-electron chi connectivity index (χ0n) is 10.1. The molecule has 0 fully saturated rings. The summed E-state index contributed by atoms with van der Waals surface area (Å²) in [7, 11) is 0. The van der Waals surface area contributed by atoms with Gasteiger partial charge in [-0.1, -0.05) is 39.0 Å². The molecule has 0 aromatic carbocycles. The molecule has 0 radical (unpaired) electrons. The zero-order chi connectivity index (χ0) is 11.3. The van der Waals surface area contributed by atoms with Gasteiger partial charge < -0.3 is 5.32 Å². The van der Waals surface area contributed by atoms with Crippen LogP contribution >= 0.6 is 11.3 Å². The van der Waals surface area contributed by atoms with Crippen molar-refractivity contribution in [1.29, 1.82) is 0 Å². The fourth-order valence-electron chi connectivity index (χ4n) is 1.43. The predicted octanol–water partition coefficient (Wildman–Crippen LogP) is 2.94. The highest BCUT2D eigenvalue weighted by Gasteiger charge is 2.12. The number of rotatable bonds is 6. The lowest BCUT2D eigenvalue weighted by Crippen LogP contribution is -2.21. The molecule has 0 bridgehead atoms. The molecule has 86 valence electrons. The topological polar surface area (TPSA) is 37.8 Å². The Morgan fingerprint density at radius 1 is 1.20 bits per heavy atom. The molecular formula is C11H21N3S. The van der Waals surface area contributed by atoms with E-state index >= 15 is 0 Å². The van der Waals surface area contributed by atoms with Crippen LogP contribution < -0.4 is 5.32 Å². The van der Waals surface area contributed by atoms with Gasteiger partial charge >= 0.3 is 0 Å². The van der Waals surface area contributed by atoms with Crippen LogP contribution in [-0.4, -0.2) is 16.2 Å². The lowest BCUT2D eigenvalue weighted by Gasteiger charge is -2.06. The minimum Gasteiger partial charge on any atom is -0.308 e. The molecule has 3 nitrogen and oxygen atoms in total. The first kappa shape index (κ1) is 12.6. The fourth-order valence-corrected chi connectivity index (χ4v) is 2.49. The molecule has 0 aliphatic carbocycles. The lowest BCUT2D eigenvalue weighted by atomic mass is 10.1. The first-order valence-electron chi connectivity index (χ1n) is 5.73. The van der Waals surface area contributed by atoms with Crippen molar-refractivity contribution in [3.63, 3.8) is 0 Å². The number of nitrogens with one attached hydrogen (secondary N) is 1. The van der Waals surface area contributed by atoms with Crippen molar-refractivity contribution < 1.29 is 0 Å². The van der Waals surface area contributed by atoms with Crippen LogP contribution in [0.25, 0.3) is 0 Å². The first-order chi connectivity index (χ1) is 7.17. The summed E-state index contributed by atoms with van der Waals surface area (Å²) in [6.45, 7) is 9.55. The van der Waals surface area contributed by atoms with E-state index in [1.807, 2.05) is 0 Å². The Hall–Kier alpha value is -0.480. The van der Waals surface area contributed by atoms with E-state index in [9.17, 15) is 0 Å². The summed E-state index contributed by atoms with van der Waals surface area (Å²) >= 11 is 1.75. The predicted molar refractivity (Wildman–Crippen MR) is 65.2 cm³/mol. The minimum absolute atomic E-state index is 0.505. The van der Waals surface area contributed by atoms with E-state index < -0.39 is 0 Å². The van der Waals surface area contributed by atoms with Gasteiger partial charge in [0.15, 0.2) is 0 Å². The van der Waals surface area contributed by atoms with E-state index in [0.29, 0.717) is 12.0 Å². The van der Waals surface area contributed by atoms with Crippen molar-refractivity contribution in [2.75, 3.05) is 0 Å². The summed E-state index contributed by atoms with van der Waals surface area (Å²) in [5.74, 6) is 0.593. The Bertz CT molecular complexity index is 279. The van der Waals surface area contributed by atoms with Gasteiger partial charge in [0.1, 0.15) is 10.0 Å². The van der Waals surface area contributed by atoms with Crippen LogP contribution in [0.1, 0.15) is 56.5 Å². The average Bonchev–Trinajstić information content (AvgIpc) is 2.65. The van der Waals surface area contributed by atoms with Crippen molar-refractivity contribution in [3.8, 4) is 0 Å². The second-order valence-corrected chi connectivity index (χ2v) is 5.18. The highest BCUT2D eigenvalue weighted by atomic mass is 32.1. The third-order valence-electron chi connectivity index (χ3n) is 2.48. The second-order valence-electron chi connectivity index (χ2n) is 4.08. The van der Waals surface area contributed by atoms with Crippen LogP contribution in [-0.2, 0) is 6.54 Å². The van der Waals surface area contributed by atoms with E-state index in [1.165, 1.54) is 5.01 Å². The smallest absolute Gasteiger partial charge is 0.131 e. The second kappa shape index (κ2) is 6.18. The van der Waals surface area contributed by atoms with Gasteiger partial charge in [-0.15, -0.1) is 10.2 Å². The number of nitrogens with zero attached hydrogens (tertiary/aromatic N) is 2. The maximum absolute atomic E-state index is 4.26. The molecule has 0 unspecified atom stereocenters. The number of hydrogen-bond donors (Lipinski definition) is 1. The third kappa shape index (κ3) is 3.87. The monoisotopic (exact) mass is 227 g/mol. The highest BCUT2D eigenvalue weighted by molar-refractivity contribution is 7.11. The molecular weight excluding hydrogens is 206 g/mol. The van der Waals surface area contributed by atoms with Crippen molar-refractivity contribution in [2.45, 2.75) is 59.0 Å². The largest absolute Gasteiger partial charge is 0.308 e. The van der Waals surface area contributed by atoms with Crippen molar-refractivity contribution in [2.24, 2.45) is 0 Å². The molecule has 1 N–H and O–H groups in total. The molecule has 4 heteroatoms. The number of aromatic nitrogens is 2. The van der Waals surface area contributed by atoms with Gasteiger partial charge in [0.05, 0.1) is 0 Å². The Morgan fingerprint density at radius 3 is 2.40 bits per heavy atom. The van der Waals surface area contributed by atoms with Gasteiger partial charge in [-0.05, 0) is 12.8 Å². The van der Waals surface area contributed by atoms with E-state index in [2.05, 4.69) is 43.2 Å². The fraction of sp³-hybridized carbons (Fsp3) is 0.818. The van der Waals surface area contributed by atoms with E-state index in [1.54, 1.807) is 11.3 Å². The number of hydrogen-bond acceptors (Lipinski definition) is 4. The molecule has 1 aromatic heterocycles. The van der Waals surface area contributed by atoms with Crippen molar-refractivity contribution in [1.82, 2.24) is 15.5 Å². The molecule has 1 heterocycles. The Kier molecular flexibility index (Phi) is 5.19. The SMILES string of the molecule is CCC(CC)c1nnc(CNC(C)C)s1. The third-order valence-corrected chi connectivity index (χ3v) is 3.56. The van der Waals surface area contributed by atoms with Crippen LogP contribution in [0.2, 0.25) is 0 Å². The van der Waals surface area contributed by atoms with Crippen molar-refractivity contribution >= 4 is 11.3 Å². The highest BCUT2D eigenvalue weighted by Crippen LogP contribution is 2.25. The van der Waals surface area contributed by atoms with Crippen LogP contribution in [0.3, 0.4) is 0 Å². The molecule has 0 atom stereocenters. The summed E-state index contributed by atoms with van der Waals surface area (Å²) < 4.78 is 0. The standard InChI is InChI=1S/C11H21N3S/c1-5-9(6-2)11-14-13-10(15-11)7-12-8(3)4/h8-9,12H,5-7H2,1-4H3. The van der Waals surface area contributed by atoms with Crippen LogP contribution in [0, 0.1) is 0 Å². The van der Waals surface area contributed by atoms with Crippen LogP contribution in [0.4, 0.5) is 0 Å². The summed E-state index contributed by atoms with van der Waals surface area (Å²) in [5.41, 5.74) is 0. The van der Waals surface area contributed by atoms with Gasteiger partial charge in [-0.25, -0.2) is 0 Å². The Morgan fingerprint density at radius 2 is 1.87 bits per heavy atom. The molecule has 0 saturated heterocycles. The van der Waals surface area contributed by atoms with E-state index in [4.69, 9.17) is 0 Å². The summed E-state index contributed by atoms with van der Waals surface area (Å²) in [5, 5.41) is 14.1. The molecule has 1 rings (SSSR count). The molecule has 1 aromatic rings. The minimum atomic E-state index is 0.505. The maximum Gasteiger partial charge on any atom is 0.131 e. The average molecular weight is 227 g/mol. The van der Waals surface area contributed by atoms with Gasteiger partial charge in [-0.2, -0.15) is 0 Å². The normalized spacial score (nSPS) is 11.6. The van der Waals surface area contributed by atoms with Gasteiger partial charge in [0, 0.05) is 18.5 Å². The molecule has 0 saturated carbocycles. The molecule has 0 spiro atoms. The Labute approximate surface area is 96.3 Å². The molecule has 0 aliphatic heterocycles. The molecule has 0 amide bonds. The summed E-state index contributed by atoms with van der Waals surface area (Å²) in [6, 6.07) is 0.505. The van der Waals surface area contributed by atoms with Crippen LogP contribution in [0.15, 0.2) is 0 Å². The first-order valence-corrected chi connectivity index (χ1v) is 6.54. The van der Waals surface area contributed by atoms with Crippen molar-refractivity contribution in [3.05, 3.63) is 10.0 Å².